The van der Waals surface area contributed by atoms with Gasteiger partial charge in [0.15, 0.2) is 5.29 Å². The third kappa shape index (κ3) is 1.64. The van der Waals surface area contributed by atoms with E-state index in [9.17, 15) is 9.18 Å². The molecule has 1 saturated carbocycles. The predicted molar refractivity (Wildman–Crippen MR) is 46.7 cm³/mol. The van der Waals surface area contributed by atoms with Crippen LogP contribution in [0.4, 0.5) is 4.39 Å². The number of hydrogen-bond donors (Lipinski definition) is 0. The van der Waals surface area contributed by atoms with Gasteiger partial charge in [0.05, 0.1) is 0 Å². The Morgan fingerprint density at radius 2 is 2.00 bits per heavy atom. The lowest BCUT2D eigenvalue weighted by molar-refractivity contribution is -0.113. The lowest BCUT2D eigenvalue weighted by atomic mass is 10.1. The van der Waals surface area contributed by atoms with E-state index in [1.54, 1.807) is 0 Å². The number of allylic oxidation sites excluding steroid dienone is 1. The van der Waals surface area contributed by atoms with E-state index in [0.717, 1.165) is 0 Å². The van der Waals surface area contributed by atoms with Gasteiger partial charge in [-0.05, 0) is 29.0 Å². The average molecular weight is 211 g/mol. The van der Waals surface area contributed by atoms with Crippen molar-refractivity contribution in [3.8, 4) is 0 Å². The van der Waals surface area contributed by atoms with Crippen molar-refractivity contribution >= 4 is 28.4 Å². The van der Waals surface area contributed by atoms with Crippen LogP contribution in [0.3, 0.4) is 0 Å². The molecule has 0 aromatic heterocycles. The summed E-state index contributed by atoms with van der Waals surface area (Å²) in [7, 11) is 0. The minimum absolute atomic E-state index is 0.153. The highest BCUT2D eigenvalue weighted by Crippen LogP contribution is 2.60. The van der Waals surface area contributed by atoms with Crippen molar-refractivity contribution in [1.82, 2.24) is 0 Å². The normalized spacial score (nSPS) is 33.2. The monoisotopic (exact) mass is 210 g/mol. The van der Waals surface area contributed by atoms with E-state index in [1.165, 1.54) is 6.08 Å². The van der Waals surface area contributed by atoms with Crippen LogP contribution in [0.25, 0.3) is 0 Å². The smallest absolute Gasteiger partial charge is 0.225 e. The molecule has 0 heterocycles. The van der Waals surface area contributed by atoms with Crippen LogP contribution < -0.4 is 0 Å². The van der Waals surface area contributed by atoms with Crippen LogP contribution in [0.2, 0.25) is 0 Å². The lowest BCUT2D eigenvalue weighted by Gasteiger charge is -1.95. The summed E-state index contributed by atoms with van der Waals surface area (Å²) in [6.07, 6.45) is 1.24. The van der Waals surface area contributed by atoms with Gasteiger partial charge in [-0.25, -0.2) is 0 Å². The molecular formula is C8H9Cl2FO. The summed E-state index contributed by atoms with van der Waals surface area (Å²) in [6.45, 7) is 3.72. The molecule has 0 amide bonds. The summed E-state index contributed by atoms with van der Waals surface area (Å²) in [4.78, 5) is 10.8. The maximum absolute atomic E-state index is 12.2. The fourth-order valence-electron chi connectivity index (χ4n) is 1.56. The van der Waals surface area contributed by atoms with Crippen LogP contribution in [0.5, 0.6) is 0 Å². The molecule has 0 saturated heterocycles. The molecule has 1 nitrogen and oxygen atoms in total. The molecule has 0 aromatic rings. The molecule has 4 heteroatoms. The van der Waals surface area contributed by atoms with E-state index in [2.05, 4.69) is 0 Å². The summed E-state index contributed by atoms with van der Waals surface area (Å²) < 4.78 is 12.2. The Kier molecular flexibility index (Phi) is 2.50. The van der Waals surface area contributed by atoms with Gasteiger partial charge in [-0.3, -0.25) is 4.79 Å². The minimum Gasteiger partial charge on any atom is -0.281 e. The quantitative estimate of drug-likeness (QED) is 0.641. The zero-order chi connectivity index (χ0) is 9.52. The number of carbonyl (C=O) groups is 1. The van der Waals surface area contributed by atoms with Gasteiger partial charge in [0.2, 0.25) is 5.24 Å². The SMILES string of the molecule is CC1(C)C(/C=C(\F)Cl)[C@H]1C(=O)Cl. The van der Waals surface area contributed by atoms with E-state index < -0.39 is 10.5 Å². The molecule has 0 aromatic carbocycles. The summed E-state index contributed by atoms with van der Waals surface area (Å²) in [5, 5.41) is -1.19. The van der Waals surface area contributed by atoms with Crippen LogP contribution >= 0.6 is 23.2 Å². The van der Waals surface area contributed by atoms with E-state index in [4.69, 9.17) is 23.2 Å². The molecule has 12 heavy (non-hydrogen) atoms. The minimum atomic E-state index is -0.770. The third-order valence-corrected chi connectivity index (χ3v) is 2.82. The van der Waals surface area contributed by atoms with Gasteiger partial charge < -0.3 is 0 Å². The van der Waals surface area contributed by atoms with Gasteiger partial charge in [0.1, 0.15) is 0 Å². The van der Waals surface area contributed by atoms with Crippen molar-refractivity contribution in [2.45, 2.75) is 13.8 Å². The molecule has 0 aliphatic heterocycles. The molecule has 1 unspecified atom stereocenters. The first kappa shape index (κ1) is 10.0. The number of rotatable bonds is 2. The van der Waals surface area contributed by atoms with E-state index in [1.807, 2.05) is 13.8 Å². The van der Waals surface area contributed by atoms with Gasteiger partial charge in [0, 0.05) is 5.92 Å². The van der Waals surface area contributed by atoms with Crippen molar-refractivity contribution < 1.29 is 9.18 Å². The zero-order valence-electron chi connectivity index (χ0n) is 6.77. The van der Waals surface area contributed by atoms with Gasteiger partial charge in [0.25, 0.3) is 0 Å². The lowest BCUT2D eigenvalue weighted by Crippen LogP contribution is -1.96. The van der Waals surface area contributed by atoms with Crippen LogP contribution in [0.15, 0.2) is 11.4 Å². The fourth-order valence-corrected chi connectivity index (χ4v) is 2.11. The van der Waals surface area contributed by atoms with Gasteiger partial charge in [-0.15, -0.1) is 0 Å². The maximum atomic E-state index is 12.2. The highest BCUT2D eigenvalue weighted by molar-refractivity contribution is 6.64. The third-order valence-electron chi connectivity index (χ3n) is 2.46. The Labute approximate surface area is 80.5 Å². The second-order valence-electron chi connectivity index (χ2n) is 3.59. The summed E-state index contributed by atoms with van der Waals surface area (Å²) in [5.41, 5.74) is -0.245. The average Bonchev–Trinajstić information content (AvgIpc) is 2.32. The van der Waals surface area contributed by atoms with Crippen molar-refractivity contribution in [1.29, 1.82) is 0 Å². The first-order chi connectivity index (χ1) is 5.37. The predicted octanol–water partition coefficient (Wildman–Crippen LogP) is 3.07. The fraction of sp³-hybridized carbons (Fsp3) is 0.625. The van der Waals surface area contributed by atoms with Crippen LogP contribution in [0.1, 0.15) is 13.8 Å². The maximum Gasteiger partial charge on any atom is 0.225 e. The van der Waals surface area contributed by atoms with Crippen molar-refractivity contribution in [2.75, 3.05) is 0 Å². The van der Waals surface area contributed by atoms with Gasteiger partial charge in [-0.1, -0.05) is 25.4 Å². The molecule has 0 N–H and O–H groups in total. The van der Waals surface area contributed by atoms with Crippen LogP contribution in [-0.4, -0.2) is 5.24 Å². The Bertz CT molecular complexity index is 243. The number of carbonyl (C=O) groups excluding carboxylic acids is 1. The molecule has 1 rings (SSSR count). The number of hydrogen-bond acceptors (Lipinski definition) is 1. The topological polar surface area (TPSA) is 17.1 Å². The second kappa shape index (κ2) is 3.00. The second-order valence-corrected chi connectivity index (χ2v) is 4.32. The van der Waals surface area contributed by atoms with E-state index in [-0.39, 0.29) is 17.3 Å². The standard InChI is InChI=1S/C8H9Cl2FO/c1-8(2)4(3-5(9)11)6(8)7(10)12/h3-4,6H,1-2H3/b5-3-/t4?,6-/m0/s1. The highest BCUT2D eigenvalue weighted by atomic mass is 35.5. The summed E-state index contributed by atoms with van der Waals surface area (Å²) in [6, 6.07) is 0. The van der Waals surface area contributed by atoms with E-state index >= 15 is 0 Å². The Morgan fingerprint density at radius 3 is 2.25 bits per heavy atom. The molecule has 1 aliphatic rings. The Hall–Kier alpha value is -0.0800. The molecule has 0 bridgehead atoms. The summed E-state index contributed by atoms with van der Waals surface area (Å²) in [5.74, 6) is -0.441. The molecule has 2 atom stereocenters. The van der Waals surface area contributed by atoms with Crippen LogP contribution in [-0.2, 0) is 4.79 Å². The molecule has 1 aliphatic carbocycles. The van der Waals surface area contributed by atoms with Crippen molar-refractivity contribution in [2.24, 2.45) is 17.3 Å². The Balaban J connectivity index is 2.73. The largest absolute Gasteiger partial charge is 0.281 e. The van der Waals surface area contributed by atoms with Gasteiger partial charge in [-0.2, -0.15) is 4.39 Å². The first-order valence-corrected chi connectivity index (χ1v) is 4.35. The first-order valence-electron chi connectivity index (χ1n) is 3.59. The zero-order valence-corrected chi connectivity index (χ0v) is 8.29. The summed E-state index contributed by atoms with van der Waals surface area (Å²) >= 11 is 10.4. The highest BCUT2D eigenvalue weighted by Gasteiger charge is 2.60. The van der Waals surface area contributed by atoms with Crippen LogP contribution in [0, 0.1) is 17.3 Å². The van der Waals surface area contributed by atoms with E-state index in [0.29, 0.717) is 0 Å². The van der Waals surface area contributed by atoms with Crippen molar-refractivity contribution in [3.05, 3.63) is 11.4 Å². The molecule has 0 radical (unpaired) electrons. The molecule has 68 valence electrons. The molecular weight excluding hydrogens is 202 g/mol. The Morgan fingerprint density at radius 1 is 1.50 bits per heavy atom. The molecule has 0 spiro atoms. The number of halogens is 3. The molecule has 1 fully saturated rings. The van der Waals surface area contributed by atoms with Gasteiger partial charge >= 0.3 is 0 Å². The van der Waals surface area contributed by atoms with Crippen molar-refractivity contribution in [3.63, 3.8) is 0 Å².